The van der Waals surface area contributed by atoms with Crippen molar-refractivity contribution in [2.45, 2.75) is 43.4 Å². The van der Waals surface area contributed by atoms with E-state index in [0.717, 1.165) is 19.4 Å². The van der Waals surface area contributed by atoms with E-state index < -0.39 is 6.10 Å². The average Bonchev–Trinajstić information content (AvgIpc) is 2.91. The second-order valence-corrected chi connectivity index (χ2v) is 7.25. The maximum Gasteiger partial charge on any atom is 0.165 e. The molecule has 0 radical (unpaired) electrons. The van der Waals surface area contributed by atoms with Crippen molar-refractivity contribution >= 4 is 0 Å². The van der Waals surface area contributed by atoms with Gasteiger partial charge in [-0.15, -0.1) is 0 Å². The van der Waals surface area contributed by atoms with E-state index >= 15 is 0 Å². The lowest BCUT2D eigenvalue weighted by atomic mass is 9.53. The highest BCUT2D eigenvalue weighted by atomic mass is 16.5. The van der Waals surface area contributed by atoms with Crippen molar-refractivity contribution in [2.24, 2.45) is 5.92 Å². The largest absolute Gasteiger partial charge is 0.504 e. The molecule has 0 aromatic heterocycles. The maximum absolute atomic E-state index is 10.4. The Labute approximate surface area is 142 Å². The minimum Gasteiger partial charge on any atom is -0.504 e. The van der Waals surface area contributed by atoms with Crippen molar-refractivity contribution < 1.29 is 20.1 Å². The second-order valence-electron chi connectivity index (χ2n) is 7.25. The van der Waals surface area contributed by atoms with Crippen molar-refractivity contribution in [1.29, 1.82) is 0 Å². The van der Waals surface area contributed by atoms with Gasteiger partial charge >= 0.3 is 0 Å². The number of hydrogen-bond acceptors (Lipinski definition) is 5. The third-order valence-electron chi connectivity index (χ3n) is 6.15. The fourth-order valence-corrected chi connectivity index (χ4v) is 5.24. The topological polar surface area (TPSA) is 73.2 Å². The first kappa shape index (κ1) is 15.9. The highest BCUT2D eigenvalue weighted by molar-refractivity contribution is 5.61. The quantitative estimate of drug-likeness (QED) is 0.623. The predicted octanol–water partition coefficient (Wildman–Crippen LogP) is 1.20. The van der Waals surface area contributed by atoms with Crippen LogP contribution in [-0.4, -0.2) is 58.7 Å². The summed E-state index contributed by atoms with van der Waals surface area (Å²) in [6.07, 6.45) is 5.18. The third kappa shape index (κ3) is 1.86. The molecule has 1 aromatic rings. The van der Waals surface area contributed by atoms with E-state index in [0.29, 0.717) is 17.7 Å². The van der Waals surface area contributed by atoms with E-state index in [1.165, 1.54) is 11.1 Å². The highest BCUT2D eigenvalue weighted by Crippen LogP contribution is 2.62. The van der Waals surface area contributed by atoms with Crippen LogP contribution in [0.25, 0.3) is 0 Å². The predicted molar refractivity (Wildman–Crippen MR) is 90.3 cm³/mol. The summed E-state index contributed by atoms with van der Waals surface area (Å²) < 4.78 is 6.09. The average molecular weight is 331 g/mol. The Bertz CT molecular complexity index is 688. The van der Waals surface area contributed by atoms with E-state index in [1.54, 1.807) is 13.0 Å². The number of aliphatic hydroxyl groups excluding tert-OH is 2. The number of piperidine rings is 1. The minimum atomic E-state index is -0.594. The van der Waals surface area contributed by atoms with E-state index in [-0.39, 0.29) is 23.9 Å². The van der Waals surface area contributed by atoms with Gasteiger partial charge < -0.3 is 25.0 Å². The first-order valence-corrected chi connectivity index (χ1v) is 8.74. The van der Waals surface area contributed by atoms with E-state index in [4.69, 9.17) is 9.84 Å². The first-order valence-electron chi connectivity index (χ1n) is 8.74. The van der Waals surface area contributed by atoms with Crippen LogP contribution in [-0.2, 0) is 11.8 Å². The van der Waals surface area contributed by atoms with Gasteiger partial charge in [0.15, 0.2) is 11.5 Å². The number of hydrogen-bond donors (Lipinski definition) is 3. The SMILES string of the molecule is CCO.CN1CC[C@]23c4c5ccc(O)c4O[C@H]2[C@@H](O)C=C[C@H]3[C@H]1C5. The molecule has 1 fully saturated rings. The van der Waals surface area contributed by atoms with Gasteiger partial charge in [0.05, 0.1) is 0 Å². The zero-order valence-corrected chi connectivity index (χ0v) is 14.1. The van der Waals surface area contributed by atoms with Crippen LogP contribution in [0.15, 0.2) is 24.3 Å². The lowest BCUT2D eigenvalue weighted by Gasteiger charge is -2.56. The zero-order chi connectivity index (χ0) is 17.1. The molecule has 1 saturated heterocycles. The number of aliphatic hydroxyl groups is 2. The molecule has 1 aromatic carbocycles. The van der Waals surface area contributed by atoms with Gasteiger partial charge in [-0.3, -0.25) is 0 Å². The molecule has 4 aliphatic rings. The van der Waals surface area contributed by atoms with Gasteiger partial charge in [0.1, 0.15) is 12.2 Å². The lowest BCUT2D eigenvalue weighted by Crippen LogP contribution is -2.64. The lowest BCUT2D eigenvalue weighted by molar-refractivity contribution is -0.0453. The molecule has 1 spiro atoms. The van der Waals surface area contributed by atoms with Crippen molar-refractivity contribution in [2.75, 3.05) is 20.2 Å². The van der Waals surface area contributed by atoms with Gasteiger partial charge in [-0.1, -0.05) is 18.2 Å². The Kier molecular flexibility index (Phi) is 3.64. The monoisotopic (exact) mass is 331 g/mol. The van der Waals surface area contributed by atoms with E-state index in [1.807, 2.05) is 12.1 Å². The zero-order valence-electron chi connectivity index (χ0n) is 14.1. The van der Waals surface area contributed by atoms with E-state index in [2.05, 4.69) is 18.0 Å². The van der Waals surface area contributed by atoms with Crippen molar-refractivity contribution in [3.05, 3.63) is 35.4 Å². The van der Waals surface area contributed by atoms with Gasteiger partial charge in [0.25, 0.3) is 0 Å². The second kappa shape index (κ2) is 5.48. The molecule has 2 aliphatic heterocycles. The molecule has 0 saturated carbocycles. The molecule has 0 unspecified atom stereocenters. The fourth-order valence-electron chi connectivity index (χ4n) is 5.24. The standard InChI is InChI=1S/C17H19NO3.C2H6O/c1-18-7-6-17-10-3-5-13(20)16(17)21-15-12(19)4-2-9(14(15)17)8-11(10)18;1-2-3/h2-5,10-11,13,16,19-20H,6-8H2,1H3;3H,2H2,1H3/t10-,11+,13-,16-,17-;/m0./s1. The van der Waals surface area contributed by atoms with Crippen molar-refractivity contribution in [1.82, 2.24) is 4.90 Å². The van der Waals surface area contributed by atoms with Gasteiger partial charge in [-0.05, 0) is 45.0 Å². The summed E-state index contributed by atoms with van der Waals surface area (Å²) in [4.78, 5) is 2.43. The van der Waals surface area contributed by atoms with Gasteiger partial charge in [-0.2, -0.15) is 0 Å². The molecule has 5 atom stereocenters. The highest BCUT2D eigenvalue weighted by Gasteiger charge is 2.64. The number of likely N-dealkylation sites (tertiary alicyclic amines) is 1. The molecule has 2 bridgehead atoms. The smallest absolute Gasteiger partial charge is 0.165 e. The molecular weight excluding hydrogens is 306 g/mol. The van der Waals surface area contributed by atoms with Crippen LogP contribution in [0.4, 0.5) is 0 Å². The Balaban J connectivity index is 0.000000455. The number of likely N-dealkylation sites (N-methyl/N-ethyl adjacent to an activating group) is 1. The molecule has 3 N–H and O–H groups in total. The molecule has 24 heavy (non-hydrogen) atoms. The summed E-state index contributed by atoms with van der Waals surface area (Å²) in [6, 6.07) is 4.23. The molecule has 2 aliphatic carbocycles. The summed E-state index contributed by atoms with van der Waals surface area (Å²) in [7, 11) is 2.19. The van der Waals surface area contributed by atoms with Crippen molar-refractivity contribution in [3.63, 3.8) is 0 Å². The van der Waals surface area contributed by atoms with Crippen LogP contribution in [0.5, 0.6) is 11.5 Å². The molecule has 130 valence electrons. The Morgan fingerprint density at radius 1 is 1.33 bits per heavy atom. The fraction of sp³-hybridized carbons (Fsp3) is 0.579. The Morgan fingerprint density at radius 2 is 2.08 bits per heavy atom. The van der Waals surface area contributed by atoms with Gasteiger partial charge in [0.2, 0.25) is 0 Å². The maximum atomic E-state index is 10.4. The molecule has 0 amide bonds. The summed E-state index contributed by atoms with van der Waals surface area (Å²) in [5.41, 5.74) is 2.29. The summed E-state index contributed by atoms with van der Waals surface area (Å²) in [6.45, 7) is 2.94. The number of benzene rings is 1. The van der Waals surface area contributed by atoms with Crippen LogP contribution in [0.1, 0.15) is 24.5 Å². The summed E-state index contributed by atoms with van der Waals surface area (Å²) in [5, 5.41) is 28.2. The molecule has 5 rings (SSSR count). The number of rotatable bonds is 0. The summed E-state index contributed by atoms with van der Waals surface area (Å²) in [5.74, 6) is 1.19. The molecule has 2 heterocycles. The first-order chi connectivity index (χ1) is 11.5. The number of phenolic OH excluding ortho intramolecular Hbond substituents is 1. The number of phenols is 1. The van der Waals surface area contributed by atoms with Crippen LogP contribution in [0.3, 0.4) is 0 Å². The van der Waals surface area contributed by atoms with Crippen LogP contribution < -0.4 is 4.74 Å². The van der Waals surface area contributed by atoms with E-state index in [9.17, 15) is 10.2 Å². The van der Waals surface area contributed by atoms with Crippen LogP contribution in [0.2, 0.25) is 0 Å². The number of ether oxygens (including phenoxy) is 1. The van der Waals surface area contributed by atoms with Gasteiger partial charge in [0, 0.05) is 29.5 Å². The third-order valence-corrected chi connectivity index (χ3v) is 6.15. The number of aromatic hydroxyl groups is 1. The summed E-state index contributed by atoms with van der Waals surface area (Å²) >= 11 is 0. The normalized spacial score (nSPS) is 38.0. The molecular formula is C19H25NO4. The van der Waals surface area contributed by atoms with Gasteiger partial charge in [-0.25, -0.2) is 0 Å². The van der Waals surface area contributed by atoms with Crippen molar-refractivity contribution in [3.8, 4) is 11.5 Å². The van der Waals surface area contributed by atoms with Crippen LogP contribution in [0, 0.1) is 5.92 Å². The molecule has 5 heteroatoms. The Hall–Kier alpha value is -1.56. The van der Waals surface area contributed by atoms with Crippen LogP contribution >= 0.6 is 0 Å². The molecule has 5 nitrogen and oxygen atoms in total. The Morgan fingerprint density at radius 3 is 2.83 bits per heavy atom. The number of nitrogens with zero attached hydrogens (tertiary/aromatic N) is 1. The minimum absolute atomic E-state index is 0.160.